The molecule has 178 valence electrons. The molecule has 1 aromatic heterocycles. The molecule has 0 saturated heterocycles. The largest absolute Gasteiger partial charge is 0.489 e. The second-order valence-corrected chi connectivity index (χ2v) is 9.25. The average molecular weight is 558 g/mol. The van der Waals surface area contributed by atoms with Crippen LogP contribution in [0.5, 0.6) is 5.75 Å². The smallest absolute Gasteiger partial charge is 0.257 e. The fraction of sp³-hybridized carbons (Fsp3) is 0.0357. The summed E-state index contributed by atoms with van der Waals surface area (Å²) in [5.74, 6) is 0.786. The van der Waals surface area contributed by atoms with Crippen molar-refractivity contribution < 1.29 is 13.9 Å². The number of hydrogen-bond acceptors (Lipinski definition) is 5. The summed E-state index contributed by atoms with van der Waals surface area (Å²) in [7, 11) is 0. The highest BCUT2D eigenvalue weighted by Crippen LogP contribution is 2.28. The third-order valence-electron chi connectivity index (χ3n) is 5.29. The zero-order chi connectivity index (χ0) is 24.9. The Bertz CT molecular complexity index is 1550. The van der Waals surface area contributed by atoms with E-state index in [2.05, 4.69) is 31.5 Å². The topological polar surface area (TPSA) is 76.4 Å². The van der Waals surface area contributed by atoms with Crippen LogP contribution < -0.4 is 15.4 Å². The highest BCUT2D eigenvalue weighted by Gasteiger charge is 2.12. The van der Waals surface area contributed by atoms with E-state index < -0.39 is 0 Å². The highest BCUT2D eigenvalue weighted by atomic mass is 79.9. The molecule has 6 nitrogen and oxygen atoms in total. The Kier molecular flexibility index (Phi) is 7.06. The zero-order valence-electron chi connectivity index (χ0n) is 18.9. The number of oxazole rings is 1. The number of rotatable bonds is 6. The molecule has 0 unspecified atom stereocenters. The zero-order valence-corrected chi connectivity index (χ0v) is 21.3. The summed E-state index contributed by atoms with van der Waals surface area (Å²) < 4.78 is 12.6. The van der Waals surface area contributed by atoms with Crippen LogP contribution in [0.25, 0.3) is 22.6 Å². The lowest BCUT2D eigenvalue weighted by atomic mass is 10.2. The van der Waals surface area contributed by atoms with E-state index in [0.717, 1.165) is 15.6 Å². The molecule has 4 aromatic carbocycles. The molecule has 0 fully saturated rings. The van der Waals surface area contributed by atoms with E-state index in [1.165, 1.54) is 0 Å². The second kappa shape index (κ2) is 10.7. The molecule has 0 bridgehead atoms. The van der Waals surface area contributed by atoms with E-state index in [0.29, 0.717) is 40.6 Å². The van der Waals surface area contributed by atoms with Crippen LogP contribution in [0, 0.1) is 0 Å². The maximum Gasteiger partial charge on any atom is 0.257 e. The van der Waals surface area contributed by atoms with Crippen molar-refractivity contribution in [1.82, 2.24) is 10.3 Å². The fourth-order valence-electron chi connectivity index (χ4n) is 3.56. The summed E-state index contributed by atoms with van der Waals surface area (Å²) in [6.45, 7) is 0.416. The van der Waals surface area contributed by atoms with Crippen LogP contribution in [-0.2, 0) is 6.61 Å². The molecule has 1 heterocycles. The monoisotopic (exact) mass is 557 g/mol. The van der Waals surface area contributed by atoms with E-state index in [-0.39, 0.29) is 11.0 Å². The van der Waals surface area contributed by atoms with Crippen LogP contribution in [0.15, 0.2) is 106 Å². The Morgan fingerprint density at radius 2 is 1.78 bits per heavy atom. The molecule has 2 N–H and O–H groups in total. The van der Waals surface area contributed by atoms with Gasteiger partial charge in [0.25, 0.3) is 5.91 Å². The molecule has 0 aliphatic carbocycles. The van der Waals surface area contributed by atoms with Crippen LogP contribution in [0.4, 0.5) is 5.69 Å². The summed E-state index contributed by atoms with van der Waals surface area (Å²) in [5.41, 5.74) is 4.36. The minimum absolute atomic E-state index is 0.172. The first-order valence-electron chi connectivity index (χ1n) is 11.1. The van der Waals surface area contributed by atoms with E-state index >= 15 is 0 Å². The molecule has 0 atom stereocenters. The van der Waals surface area contributed by atoms with Gasteiger partial charge in [0.15, 0.2) is 10.7 Å². The highest BCUT2D eigenvalue weighted by molar-refractivity contribution is 9.10. The SMILES string of the molecule is O=C(NC(=S)Nc1ccc2oc(-c3cccc(Br)c3)nc2c1)c1cccc(OCc2ccccc2)c1. The van der Waals surface area contributed by atoms with Crippen molar-refractivity contribution in [2.75, 3.05) is 5.32 Å². The molecule has 36 heavy (non-hydrogen) atoms. The van der Waals surface area contributed by atoms with Gasteiger partial charge in [0, 0.05) is 21.3 Å². The van der Waals surface area contributed by atoms with Crippen molar-refractivity contribution >= 4 is 56.0 Å². The van der Waals surface area contributed by atoms with Gasteiger partial charge in [-0.15, -0.1) is 0 Å². The predicted molar refractivity (Wildman–Crippen MR) is 148 cm³/mol. The minimum Gasteiger partial charge on any atom is -0.489 e. The number of aromatic nitrogens is 1. The van der Waals surface area contributed by atoms with Crippen molar-refractivity contribution in [2.45, 2.75) is 6.61 Å². The van der Waals surface area contributed by atoms with E-state index in [1.54, 1.807) is 18.2 Å². The van der Waals surface area contributed by atoms with E-state index in [4.69, 9.17) is 21.4 Å². The van der Waals surface area contributed by atoms with Gasteiger partial charge in [-0.25, -0.2) is 4.98 Å². The van der Waals surface area contributed by atoms with Gasteiger partial charge in [-0.1, -0.05) is 58.4 Å². The number of carbonyl (C=O) groups excluding carboxylic acids is 1. The molecular formula is C28H20BrN3O3S. The molecular weight excluding hydrogens is 538 g/mol. The number of carbonyl (C=O) groups is 1. The molecule has 0 aliphatic rings. The third kappa shape index (κ3) is 5.79. The maximum absolute atomic E-state index is 12.7. The summed E-state index contributed by atoms with van der Waals surface area (Å²) in [4.78, 5) is 17.3. The first-order valence-corrected chi connectivity index (χ1v) is 12.3. The fourth-order valence-corrected chi connectivity index (χ4v) is 4.17. The van der Waals surface area contributed by atoms with Crippen molar-refractivity contribution in [2.24, 2.45) is 0 Å². The van der Waals surface area contributed by atoms with Gasteiger partial charge in [-0.2, -0.15) is 0 Å². The van der Waals surface area contributed by atoms with Crippen LogP contribution >= 0.6 is 28.1 Å². The number of anilines is 1. The Hall–Kier alpha value is -4.01. The van der Waals surface area contributed by atoms with E-state index in [9.17, 15) is 4.79 Å². The normalized spacial score (nSPS) is 10.7. The second-order valence-electron chi connectivity index (χ2n) is 7.92. The van der Waals surface area contributed by atoms with Crippen molar-refractivity contribution in [3.63, 3.8) is 0 Å². The van der Waals surface area contributed by atoms with Crippen LogP contribution in [-0.4, -0.2) is 16.0 Å². The van der Waals surface area contributed by atoms with Gasteiger partial charge in [-0.3, -0.25) is 10.1 Å². The average Bonchev–Trinajstić information content (AvgIpc) is 3.32. The van der Waals surface area contributed by atoms with Crippen molar-refractivity contribution in [3.8, 4) is 17.2 Å². The van der Waals surface area contributed by atoms with Gasteiger partial charge in [-0.05, 0) is 72.4 Å². The predicted octanol–water partition coefficient (Wildman–Crippen LogP) is 6.96. The quantitative estimate of drug-likeness (QED) is 0.220. The number of hydrogen-bond donors (Lipinski definition) is 2. The van der Waals surface area contributed by atoms with Gasteiger partial charge in [0.05, 0.1) is 0 Å². The number of thiocarbonyl (C=S) groups is 1. The molecule has 0 radical (unpaired) electrons. The lowest BCUT2D eigenvalue weighted by Crippen LogP contribution is -2.34. The van der Waals surface area contributed by atoms with Gasteiger partial charge < -0.3 is 14.5 Å². The first-order chi connectivity index (χ1) is 17.5. The standard InChI is InChI=1S/C28H20BrN3O3S/c29-21-10-4-9-20(14-21)27-31-24-16-22(12-13-25(24)35-27)30-28(36)32-26(33)19-8-5-11-23(15-19)34-17-18-6-2-1-3-7-18/h1-16H,17H2,(H2,30,32,33,36). The number of benzene rings is 4. The van der Waals surface area contributed by atoms with Gasteiger partial charge in [0.1, 0.15) is 17.9 Å². The molecule has 0 saturated carbocycles. The molecule has 5 aromatic rings. The van der Waals surface area contributed by atoms with Gasteiger partial charge >= 0.3 is 0 Å². The molecule has 0 aliphatic heterocycles. The van der Waals surface area contributed by atoms with Crippen LogP contribution in [0.3, 0.4) is 0 Å². The summed E-state index contributed by atoms with van der Waals surface area (Å²) in [6.07, 6.45) is 0. The number of nitrogens with zero attached hydrogens (tertiary/aromatic N) is 1. The Labute approximate surface area is 221 Å². The summed E-state index contributed by atoms with van der Waals surface area (Å²) >= 11 is 8.82. The van der Waals surface area contributed by atoms with Crippen LogP contribution in [0.1, 0.15) is 15.9 Å². The Morgan fingerprint density at radius 3 is 2.61 bits per heavy atom. The summed E-state index contributed by atoms with van der Waals surface area (Å²) in [6, 6.07) is 30.0. The van der Waals surface area contributed by atoms with Gasteiger partial charge in [0.2, 0.25) is 5.89 Å². The van der Waals surface area contributed by atoms with Crippen molar-refractivity contribution in [1.29, 1.82) is 0 Å². The Balaban J connectivity index is 1.22. The molecule has 5 rings (SSSR count). The lowest BCUT2D eigenvalue weighted by Gasteiger charge is -2.11. The number of halogens is 1. The number of amides is 1. The summed E-state index contributed by atoms with van der Waals surface area (Å²) in [5, 5.41) is 5.91. The number of fused-ring (bicyclic) bond motifs is 1. The van der Waals surface area contributed by atoms with Crippen molar-refractivity contribution in [3.05, 3.63) is 113 Å². The number of nitrogens with one attached hydrogen (secondary N) is 2. The van der Waals surface area contributed by atoms with E-state index in [1.807, 2.05) is 78.9 Å². The minimum atomic E-state index is -0.336. The molecule has 8 heteroatoms. The number of ether oxygens (including phenoxy) is 1. The molecule has 0 spiro atoms. The Morgan fingerprint density at radius 1 is 0.944 bits per heavy atom. The maximum atomic E-state index is 12.7. The third-order valence-corrected chi connectivity index (χ3v) is 5.99. The van der Waals surface area contributed by atoms with Crippen LogP contribution in [0.2, 0.25) is 0 Å². The lowest BCUT2D eigenvalue weighted by molar-refractivity contribution is 0.0977. The first kappa shape index (κ1) is 23.7. The molecule has 1 amide bonds.